The maximum absolute atomic E-state index is 10.8. The highest BCUT2D eigenvalue weighted by atomic mass is 35.5. The molecule has 0 aliphatic heterocycles. The number of aliphatic hydroxyl groups is 1. The Morgan fingerprint density at radius 1 is 1.15 bits per heavy atom. The molecule has 0 saturated heterocycles. The van der Waals surface area contributed by atoms with Crippen molar-refractivity contribution in [2.24, 2.45) is 0 Å². The standard InChI is InChI=1S/C17H15ClOS/c1-17(19,13-5-4-6-14(18)9-13)10-12-11-20-16-8-3-2-7-15(12)16/h2-9,11,19H,10H2,1H3. The van der Waals surface area contributed by atoms with Crippen LogP contribution in [0.4, 0.5) is 0 Å². The van der Waals surface area contributed by atoms with Gasteiger partial charge in [0.05, 0.1) is 5.60 Å². The molecule has 2 aromatic carbocycles. The first-order valence-electron chi connectivity index (χ1n) is 6.50. The summed E-state index contributed by atoms with van der Waals surface area (Å²) < 4.78 is 1.25. The van der Waals surface area contributed by atoms with Gasteiger partial charge in [-0.3, -0.25) is 0 Å². The van der Waals surface area contributed by atoms with E-state index >= 15 is 0 Å². The van der Waals surface area contributed by atoms with Crippen LogP contribution < -0.4 is 0 Å². The number of thiophene rings is 1. The molecule has 20 heavy (non-hydrogen) atoms. The molecule has 0 radical (unpaired) electrons. The quantitative estimate of drug-likeness (QED) is 0.721. The molecular weight excluding hydrogens is 288 g/mol. The zero-order valence-electron chi connectivity index (χ0n) is 11.1. The van der Waals surface area contributed by atoms with Crippen molar-refractivity contribution in [2.75, 3.05) is 0 Å². The van der Waals surface area contributed by atoms with Gasteiger partial charge in [0.15, 0.2) is 0 Å². The van der Waals surface area contributed by atoms with Crippen molar-refractivity contribution in [2.45, 2.75) is 18.9 Å². The molecule has 1 unspecified atom stereocenters. The van der Waals surface area contributed by atoms with Gasteiger partial charge in [0.25, 0.3) is 0 Å². The lowest BCUT2D eigenvalue weighted by molar-refractivity contribution is 0.0580. The molecular formula is C17H15ClOS. The summed E-state index contributed by atoms with van der Waals surface area (Å²) in [7, 11) is 0. The minimum atomic E-state index is -0.922. The Bertz CT molecular complexity index is 745. The molecule has 0 fully saturated rings. The van der Waals surface area contributed by atoms with Gasteiger partial charge in [0.2, 0.25) is 0 Å². The summed E-state index contributed by atoms with van der Waals surface area (Å²) in [4.78, 5) is 0. The summed E-state index contributed by atoms with van der Waals surface area (Å²) in [5, 5.41) is 14.8. The zero-order valence-corrected chi connectivity index (χ0v) is 12.7. The second-order valence-electron chi connectivity index (χ2n) is 5.22. The summed E-state index contributed by atoms with van der Waals surface area (Å²) in [6.07, 6.45) is 0.581. The van der Waals surface area contributed by atoms with E-state index in [1.807, 2.05) is 43.3 Å². The molecule has 0 saturated carbocycles. The first-order valence-corrected chi connectivity index (χ1v) is 7.75. The molecule has 1 nitrogen and oxygen atoms in total. The first-order chi connectivity index (χ1) is 9.56. The lowest BCUT2D eigenvalue weighted by Crippen LogP contribution is -2.24. The van der Waals surface area contributed by atoms with E-state index < -0.39 is 5.60 Å². The zero-order chi connectivity index (χ0) is 14.2. The predicted octanol–water partition coefficient (Wildman–Crippen LogP) is 5.00. The summed E-state index contributed by atoms with van der Waals surface area (Å²) in [6, 6.07) is 15.7. The van der Waals surface area contributed by atoms with Crippen LogP contribution >= 0.6 is 22.9 Å². The second kappa shape index (κ2) is 5.21. The van der Waals surface area contributed by atoms with Crippen LogP contribution in [-0.2, 0) is 12.0 Å². The molecule has 1 atom stereocenters. The second-order valence-corrected chi connectivity index (χ2v) is 6.57. The van der Waals surface area contributed by atoms with Gasteiger partial charge in [0, 0.05) is 16.1 Å². The lowest BCUT2D eigenvalue weighted by atomic mass is 9.89. The molecule has 1 aromatic heterocycles. The highest BCUT2D eigenvalue weighted by Crippen LogP contribution is 2.33. The fourth-order valence-electron chi connectivity index (χ4n) is 2.47. The maximum atomic E-state index is 10.8. The van der Waals surface area contributed by atoms with E-state index in [2.05, 4.69) is 17.5 Å². The number of hydrogen-bond acceptors (Lipinski definition) is 2. The van der Waals surface area contributed by atoms with Gasteiger partial charge in [-0.25, -0.2) is 0 Å². The van der Waals surface area contributed by atoms with Crippen LogP contribution in [0.5, 0.6) is 0 Å². The fourth-order valence-corrected chi connectivity index (χ4v) is 3.62. The van der Waals surface area contributed by atoms with Gasteiger partial charge in [-0.2, -0.15) is 0 Å². The van der Waals surface area contributed by atoms with Crippen LogP contribution in [0.2, 0.25) is 5.02 Å². The van der Waals surface area contributed by atoms with Crippen LogP contribution in [0.3, 0.4) is 0 Å². The molecule has 0 spiro atoms. The first kappa shape index (κ1) is 13.6. The van der Waals surface area contributed by atoms with E-state index in [4.69, 9.17) is 11.6 Å². The summed E-state index contributed by atoms with van der Waals surface area (Å²) in [5.74, 6) is 0. The van der Waals surface area contributed by atoms with Crippen molar-refractivity contribution < 1.29 is 5.11 Å². The Morgan fingerprint density at radius 2 is 1.95 bits per heavy atom. The third-order valence-electron chi connectivity index (χ3n) is 3.54. The van der Waals surface area contributed by atoms with Crippen molar-refractivity contribution >= 4 is 33.0 Å². The van der Waals surface area contributed by atoms with Crippen LogP contribution in [0, 0.1) is 0 Å². The minimum Gasteiger partial charge on any atom is -0.385 e. The monoisotopic (exact) mass is 302 g/mol. The third kappa shape index (κ3) is 2.59. The van der Waals surface area contributed by atoms with E-state index in [0.717, 1.165) is 5.56 Å². The van der Waals surface area contributed by atoms with Gasteiger partial charge in [0.1, 0.15) is 0 Å². The van der Waals surface area contributed by atoms with Crippen LogP contribution in [-0.4, -0.2) is 5.11 Å². The maximum Gasteiger partial charge on any atom is 0.0909 e. The predicted molar refractivity (Wildman–Crippen MR) is 86.6 cm³/mol. The largest absolute Gasteiger partial charge is 0.385 e. The molecule has 0 amide bonds. The lowest BCUT2D eigenvalue weighted by Gasteiger charge is -2.24. The molecule has 1 N–H and O–H groups in total. The average molecular weight is 303 g/mol. The van der Waals surface area contributed by atoms with Gasteiger partial charge in [-0.05, 0) is 47.0 Å². The average Bonchev–Trinajstić information content (AvgIpc) is 2.82. The Labute approximate surface area is 127 Å². The highest BCUT2D eigenvalue weighted by Gasteiger charge is 2.25. The highest BCUT2D eigenvalue weighted by molar-refractivity contribution is 7.17. The normalized spacial score (nSPS) is 14.3. The van der Waals surface area contributed by atoms with E-state index in [1.165, 1.54) is 15.6 Å². The van der Waals surface area contributed by atoms with Crippen LogP contribution in [0.1, 0.15) is 18.1 Å². The number of halogens is 1. The Balaban J connectivity index is 1.97. The topological polar surface area (TPSA) is 20.2 Å². The number of fused-ring (bicyclic) bond motifs is 1. The Morgan fingerprint density at radius 3 is 2.75 bits per heavy atom. The Kier molecular flexibility index (Phi) is 3.55. The van der Waals surface area contributed by atoms with Gasteiger partial charge in [-0.1, -0.05) is 41.9 Å². The molecule has 102 valence electrons. The van der Waals surface area contributed by atoms with Gasteiger partial charge < -0.3 is 5.11 Å². The van der Waals surface area contributed by atoms with Crippen LogP contribution in [0.15, 0.2) is 53.9 Å². The number of hydrogen-bond donors (Lipinski definition) is 1. The van der Waals surface area contributed by atoms with E-state index in [-0.39, 0.29) is 0 Å². The van der Waals surface area contributed by atoms with Crippen LogP contribution in [0.25, 0.3) is 10.1 Å². The number of rotatable bonds is 3. The summed E-state index contributed by atoms with van der Waals surface area (Å²) >= 11 is 7.73. The molecule has 0 aliphatic rings. The molecule has 3 aromatic rings. The van der Waals surface area contributed by atoms with Gasteiger partial charge in [-0.15, -0.1) is 11.3 Å². The fraction of sp³-hybridized carbons (Fsp3) is 0.176. The van der Waals surface area contributed by atoms with E-state index in [1.54, 1.807) is 11.3 Å². The van der Waals surface area contributed by atoms with E-state index in [0.29, 0.717) is 11.4 Å². The van der Waals surface area contributed by atoms with Crippen molar-refractivity contribution in [1.29, 1.82) is 0 Å². The summed E-state index contributed by atoms with van der Waals surface area (Å²) in [5.41, 5.74) is 1.10. The van der Waals surface area contributed by atoms with Crippen molar-refractivity contribution in [3.8, 4) is 0 Å². The molecule has 1 heterocycles. The van der Waals surface area contributed by atoms with E-state index in [9.17, 15) is 5.11 Å². The Hall–Kier alpha value is -1.35. The third-order valence-corrected chi connectivity index (χ3v) is 4.79. The SMILES string of the molecule is CC(O)(Cc1csc2ccccc12)c1cccc(Cl)c1. The van der Waals surface area contributed by atoms with Crippen molar-refractivity contribution in [3.63, 3.8) is 0 Å². The molecule has 0 aliphatic carbocycles. The molecule has 3 heteroatoms. The van der Waals surface area contributed by atoms with Gasteiger partial charge >= 0.3 is 0 Å². The van der Waals surface area contributed by atoms with Crippen molar-refractivity contribution in [3.05, 3.63) is 70.1 Å². The molecule has 3 rings (SSSR count). The molecule has 0 bridgehead atoms. The minimum absolute atomic E-state index is 0.581. The number of benzene rings is 2. The van der Waals surface area contributed by atoms with Crippen molar-refractivity contribution in [1.82, 2.24) is 0 Å². The summed E-state index contributed by atoms with van der Waals surface area (Å²) in [6.45, 7) is 1.84. The smallest absolute Gasteiger partial charge is 0.0909 e.